The Kier molecular flexibility index (Phi) is 5.34. The SMILES string of the molecule is CC(C)CCCN(C)C(=O)C=O. The first-order valence-electron chi connectivity index (χ1n) is 4.28. The Balaban J connectivity index is 3.50. The van der Waals surface area contributed by atoms with Gasteiger partial charge in [-0.25, -0.2) is 0 Å². The van der Waals surface area contributed by atoms with Crippen molar-refractivity contribution >= 4 is 12.2 Å². The van der Waals surface area contributed by atoms with E-state index in [0.717, 1.165) is 12.8 Å². The fourth-order valence-electron chi connectivity index (χ4n) is 0.937. The Hall–Kier alpha value is -0.860. The highest BCUT2D eigenvalue weighted by Crippen LogP contribution is 2.03. The summed E-state index contributed by atoms with van der Waals surface area (Å²) >= 11 is 0. The Morgan fingerprint density at radius 2 is 2.08 bits per heavy atom. The van der Waals surface area contributed by atoms with Crippen molar-refractivity contribution in [3.63, 3.8) is 0 Å². The Morgan fingerprint density at radius 1 is 1.50 bits per heavy atom. The van der Waals surface area contributed by atoms with E-state index in [9.17, 15) is 9.59 Å². The van der Waals surface area contributed by atoms with E-state index in [-0.39, 0.29) is 0 Å². The summed E-state index contributed by atoms with van der Waals surface area (Å²) in [5.74, 6) is 0.225. The molecule has 1 amide bonds. The number of carbonyl (C=O) groups is 2. The average Bonchev–Trinajstić information content (AvgIpc) is 2.02. The molecule has 0 bridgehead atoms. The molecule has 0 unspecified atom stereocenters. The van der Waals surface area contributed by atoms with Crippen LogP contribution in [-0.4, -0.2) is 30.7 Å². The molecule has 0 rings (SSSR count). The van der Waals surface area contributed by atoms with Crippen LogP contribution in [0, 0.1) is 5.92 Å². The summed E-state index contributed by atoms with van der Waals surface area (Å²) in [5, 5.41) is 0. The molecule has 0 heterocycles. The number of hydrogen-bond donors (Lipinski definition) is 0. The summed E-state index contributed by atoms with van der Waals surface area (Å²) in [4.78, 5) is 22.3. The lowest BCUT2D eigenvalue weighted by Gasteiger charge is -2.13. The lowest BCUT2D eigenvalue weighted by Crippen LogP contribution is -2.28. The molecular weight excluding hydrogens is 154 g/mol. The third-order valence-electron chi connectivity index (χ3n) is 1.75. The molecule has 0 saturated carbocycles. The number of likely N-dealkylation sites (N-methyl/N-ethyl adjacent to an activating group) is 1. The average molecular weight is 171 g/mol. The minimum atomic E-state index is -0.432. The predicted octanol–water partition coefficient (Wildman–Crippen LogP) is 1.08. The number of nitrogens with zero attached hydrogens (tertiary/aromatic N) is 1. The van der Waals surface area contributed by atoms with E-state index in [4.69, 9.17) is 0 Å². The van der Waals surface area contributed by atoms with Gasteiger partial charge in [0.2, 0.25) is 6.29 Å². The van der Waals surface area contributed by atoms with Gasteiger partial charge in [0, 0.05) is 13.6 Å². The lowest BCUT2D eigenvalue weighted by molar-refractivity contribution is -0.137. The molecule has 3 nitrogen and oxygen atoms in total. The van der Waals surface area contributed by atoms with Crippen LogP contribution in [0.2, 0.25) is 0 Å². The summed E-state index contributed by atoms with van der Waals surface area (Å²) < 4.78 is 0. The zero-order chi connectivity index (χ0) is 9.56. The van der Waals surface area contributed by atoms with Crippen LogP contribution in [0.5, 0.6) is 0 Å². The first-order valence-corrected chi connectivity index (χ1v) is 4.28. The zero-order valence-electron chi connectivity index (χ0n) is 8.04. The first kappa shape index (κ1) is 11.1. The summed E-state index contributed by atoms with van der Waals surface area (Å²) in [5.41, 5.74) is 0. The van der Waals surface area contributed by atoms with Crippen LogP contribution in [0.3, 0.4) is 0 Å². The monoisotopic (exact) mass is 171 g/mol. The molecule has 0 aliphatic rings. The topological polar surface area (TPSA) is 37.4 Å². The quantitative estimate of drug-likeness (QED) is 0.458. The van der Waals surface area contributed by atoms with Crippen molar-refractivity contribution in [2.24, 2.45) is 5.92 Å². The van der Waals surface area contributed by atoms with E-state index in [0.29, 0.717) is 18.7 Å². The molecule has 0 spiro atoms. The van der Waals surface area contributed by atoms with Crippen molar-refractivity contribution in [2.45, 2.75) is 26.7 Å². The van der Waals surface area contributed by atoms with Gasteiger partial charge >= 0.3 is 0 Å². The second-order valence-electron chi connectivity index (χ2n) is 3.41. The fourth-order valence-corrected chi connectivity index (χ4v) is 0.937. The van der Waals surface area contributed by atoms with Crippen LogP contribution in [0.15, 0.2) is 0 Å². The Bertz CT molecular complexity index is 155. The maximum Gasteiger partial charge on any atom is 0.286 e. The van der Waals surface area contributed by atoms with Crippen LogP contribution in [0.25, 0.3) is 0 Å². The van der Waals surface area contributed by atoms with Gasteiger partial charge in [0.25, 0.3) is 5.91 Å². The van der Waals surface area contributed by atoms with Crippen molar-refractivity contribution in [1.82, 2.24) is 4.90 Å². The van der Waals surface area contributed by atoms with Gasteiger partial charge in [0.15, 0.2) is 0 Å². The van der Waals surface area contributed by atoms with E-state index in [1.807, 2.05) is 0 Å². The largest absolute Gasteiger partial charge is 0.339 e. The molecule has 0 radical (unpaired) electrons. The number of aldehydes is 1. The van der Waals surface area contributed by atoms with E-state index >= 15 is 0 Å². The van der Waals surface area contributed by atoms with Gasteiger partial charge < -0.3 is 4.90 Å². The lowest BCUT2D eigenvalue weighted by atomic mass is 10.1. The molecule has 0 atom stereocenters. The minimum absolute atomic E-state index is 0.357. The zero-order valence-corrected chi connectivity index (χ0v) is 8.04. The van der Waals surface area contributed by atoms with Crippen LogP contribution in [0.1, 0.15) is 26.7 Å². The summed E-state index contributed by atoms with van der Waals surface area (Å²) in [6.45, 7) is 4.96. The minimum Gasteiger partial charge on any atom is -0.339 e. The standard InChI is InChI=1S/C9H17NO2/c1-8(2)5-4-6-10(3)9(12)7-11/h7-8H,4-6H2,1-3H3. The van der Waals surface area contributed by atoms with Crippen molar-refractivity contribution in [2.75, 3.05) is 13.6 Å². The number of hydrogen-bond acceptors (Lipinski definition) is 2. The molecule has 12 heavy (non-hydrogen) atoms. The van der Waals surface area contributed by atoms with E-state index < -0.39 is 5.91 Å². The molecule has 0 aromatic heterocycles. The van der Waals surface area contributed by atoms with Gasteiger partial charge in [0.1, 0.15) is 0 Å². The number of carbonyl (C=O) groups excluding carboxylic acids is 2. The predicted molar refractivity (Wildman–Crippen MR) is 47.8 cm³/mol. The summed E-state index contributed by atoms with van der Waals surface area (Å²) in [7, 11) is 1.65. The van der Waals surface area contributed by atoms with E-state index in [1.165, 1.54) is 4.90 Å². The molecular formula is C9H17NO2. The summed E-state index contributed by atoms with van der Waals surface area (Å²) in [6.07, 6.45) is 2.42. The summed E-state index contributed by atoms with van der Waals surface area (Å²) in [6, 6.07) is 0. The van der Waals surface area contributed by atoms with Gasteiger partial charge in [-0.05, 0) is 18.8 Å². The number of rotatable bonds is 5. The third kappa shape index (κ3) is 4.88. The van der Waals surface area contributed by atoms with E-state index in [2.05, 4.69) is 13.8 Å². The van der Waals surface area contributed by atoms with Gasteiger partial charge in [-0.1, -0.05) is 13.8 Å². The van der Waals surface area contributed by atoms with Crippen molar-refractivity contribution < 1.29 is 9.59 Å². The molecule has 3 heteroatoms. The third-order valence-corrected chi connectivity index (χ3v) is 1.75. The van der Waals surface area contributed by atoms with Crippen LogP contribution < -0.4 is 0 Å². The van der Waals surface area contributed by atoms with Crippen molar-refractivity contribution in [3.05, 3.63) is 0 Å². The van der Waals surface area contributed by atoms with Gasteiger partial charge in [-0.2, -0.15) is 0 Å². The van der Waals surface area contributed by atoms with Gasteiger partial charge in [-0.15, -0.1) is 0 Å². The Labute approximate surface area is 73.7 Å². The van der Waals surface area contributed by atoms with Gasteiger partial charge in [0.05, 0.1) is 0 Å². The molecule has 0 aromatic carbocycles. The molecule has 0 N–H and O–H groups in total. The normalized spacial score (nSPS) is 10.0. The molecule has 0 aromatic rings. The highest BCUT2D eigenvalue weighted by Gasteiger charge is 2.05. The second-order valence-corrected chi connectivity index (χ2v) is 3.41. The van der Waals surface area contributed by atoms with Crippen LogP contribution >= 0.6 is 0 Å². The molecule has 0 saturated heterocycles. The van der Waals surface area contributed by atoms with Crippen molar-refractivity contribution in [1.29, 1.82) is 0 Å². The van der Waals surface area contributed by atoms with Crippen LogP contribution in [0.4, 0.5) is 0 Å². The maximum atomic E-state index is 10.7. The Morgan fingerprint density at radius 3 is 2.50 bits per heavy atom. The maximum absolute atomic E-state index is 10.7. The second kappa shape index (κ2) is 5.75. The highest BCUT2D eigenvalue weighted by molar-refractivity contribution is 6.23. The van der Waals surface area contributed by atoms with Crippen LogP contribution in [-0.2, 0) is 9.59 Å². The first-order chi connectivity index (χ1) is 5.57. The highest BCUT2D eigenvalue weighted by atomic mass is 16.2. The molecule has 70 valence electrons. The van der Waals surface area contributed by atoms with Gasteiger partial charge in [-0.3, -0.25) is 9.59 Å². The molecule has 0 aliphatic heterocycles. The van der Waals surface area contributed by atoms with Crippen molar-refractivity contribution in [3.8, 4) is 0 Å². The number of amides is 1. The van der Waals surface area contributed by atoms with E-state index in [1.54, 1.807) is 7.05 Å². The molecule has 0 fully saturated rings. The smallest absolute Gasteiger partial charge is 0.286 e. The fraction of sp³-hybridized carbons (Fsp3) is 0.778. The molecule has 0 aliphatic carbocycles.